The molecule has 3 atom stereocenters. The van der Waals surface area contributed by atoms with E-state index in [1.165, 1.54) is 0 Å². The molecule has 1 aromatic heterocycles. The summed E-state index contributed by atoms with van der Waals surface area (Å²) in [6.45, 7) is 1.22. The second-order valence-corrected chi connectivity index (χ2v) is 8.04. The molecule has 0 bridgehead atoms. The number of hydrogen-bond acceptors (Lipinski definition) is 5. The number of aromatic nitrogens is 4. The van der Waals surface area contributed by atoms with Crippen molar-refractivity contribution in [1.29, 1.82) is 0 Å². The molecule has 7 heteroatoms. The third-order valence-corrected chi connectivity index (χ3v) is 6.49. The summed E-state index contributed by atoms with van der Waals surface area (Å²) >= 11 is 0. The fourth-order valence-electron chi connectivity index (χ4n) is 5.09. The largest absolute Gasteiger partial charge is 0.385 e. The van der Waals surface area contributed by atoms with Gasteiger partial charge in [0, 0.05) is 24.6 Å². The van der Waals surface area contributed by atoms with Gasteiger partial charge < -0.3 is 10.0 Å². The topological polar surface area (TPSA) is 95.0 Å². The lowest BCUT2D eigenvalue weighted by atomic mass is 9.67. The number of benzene rings is 2. The van der Waals surface area contributed by atoms with Crippen LogP contribution in [0.5, 0.6) is 0 Å². The van der Waals surface area contributed by atoms with E-state index in [0.29, 0.717) is 36.0 Å². The summed E-state index contributed by atoms with van der Waals surface area (Å²) < 4.78 is 0. The summed E-state index contributed by atoms with van der Waals surface area (Å²) in [7, 11) is 0. The molecule has 5 rings (SSSR count). The maximum atomic E-state index is 13.4. The average molecular weight is 389 g/mol. The molecule has 0 spiro atoms. The number of carbonyl (C=O) groups excluding carboxylic acids is 1. The molecule has 0 unspecified atom stereocenters. The Morgan fingerprint density at radius 3 is 2.69 bits per heavy atom. The number of hydrogen-bond donors (Lipinski definition) is 2. The van der Waals surface area contributed by atoms with Gasteiger partial charge in [0.05, 0.1) is 11.2 Å². The van der Waals surface area contributed by atoms with E-state index >= 15 is 0 Å². The minimum atomic E-state index is -0.883. The molecule has 148 valence electrons. The monoisotopic (exact) mass is 389 g/mol. The van der Waals surface area contributed by atoms with Crippen LogP contribution in [0.25, 0.3) is 11.4 Å². The minimum Gasteiger partial charge on any atom is -0.385 e. The summed E-state index contributed by atoms with van der Waals surface area (Å²) in [5, 5.41) is 25.7. The molecule has 2 fully saturated rings. The lowest BCUT2D eigenvalue weighted by molar-refractivity contribution is -0.0644. The van der Waals surface area contributed by atoms with Crippen LogP contribution in [0.4, 0.5) is 0 Å². The first-order valence-corrected chi connectivity index (χ1v) is 10.1. The molecular formula is C22H23N5O2. The van der Waals surface area contributed by atoms with E-state index in [9.17, 15) is 9.90 Å². The smallest absolute Gasteiger partial charge is 0.254 e. The summed E-state index contributed by atoms with van der Waals surface area (Å²) in [4.78, 5) is 15.3. The SMILES string of the molecule is O=C(c1ccccc1-c1nn[nH]n1)N1C[C@@H]2CCC[C@@](O)(c3ccccc3)[C@@H]2C1. The first kappa shape index (κ1) is 18.0. The molecule has 2 aromatic carbocycles. The zero-order valence-corrected chi connectivity index (χ0v) is 16.0. The minimum absolute atomic E-state index is 0.0416. The van der Waals surface area contributed by atoms with Crippen molar-refractivity contribution in [3.63, 3.8) is 0 Å². The number of H-pyrrole nitrogens is 1. The molecule has 1 amide bonds. The highest BCUT2D eigenvalue weighted by Crippen LogP contribution is 2.48. The number of nitrogens with zero attached hydrogens (tertiary/aromatic N) is 4. The molecule has 1 saturated heterocycles. The van der Waals surface area contributed by atoms with Crippen molar-refractivity contribution in [3.8, 4) is 11.4 Å². The summed E-state index contributed by atoms with van der Waals surface area (Å²) in [6, 6.07) is 17.2. The Balaban J connectivity index is 1.44. The molecule has 29 heavy (non-hydrogen) atoms. The van der Waals surface area contributed by atoms with Crippen molar-refractivity contribution in [2.24, 2.45) is 11.8 Å². The summed E-state index contributed by atoms with van der Waals surface area (Å²) in [6.07, 6.45) is 2.74. The standard InChI is InChI=1S/C22H23N5O2/c28-21(18-11-5-4-10-17(18)20-23-25-26-24-20)27-13-15-7-6-12-22(29,19(15)14-27)16-8-2-1-3-9-16/h1-5,8-11,15,19,29H,6-7,12-14H2,(H,23,24,25,26)/t15-,19+,22+/m0/s1. The van der Waals surface area contributed by atoms with Gasteiger partial charge >= 0.3 is 0 Å². The number of rotatable bonds is 3. The average Bonchev–Trinajstić information content (AvgIpc) is 3.45. The molecule has 2 N–H and O–H groups in total. The lowest BCUT2D eigenvalue weighted by Gasteiger charge is -2.41. The van der Waals surface area contributed by atoms with Crippen molar-refractivity contribution in [2.45, 2.75) is 24.9 Å². The molecule has 3 aromatic rings. The van der Waals surface area contributed by atoms with E-state index in [-0.39, 0.29) is 11.8 Å². The van der Waals surface area contributed by atoms with Crippen LogP contribution in [0, 0.1) is 11.8 Å². The zero-order valence-electron chi connectivity index (χ0n) is 16.0. The Labute approximate surface area is 168 Å². The highest BCUT2D eigenvalue weighted by molar-refractivity contribution is 6.00. The van der Waals surface area contributed by atoms with Gasteiger partial charge in [0.1, 0.15) is 0 Å². The van der Waals surface area contributed by atoms with Crippen molar-refractivity contribution in [1.82, 2.24) is 25.5 Å². The van der Waals surface area contributed by atoms with Crippen molar-refractivity contribution >= 4 is 5.91 Å². The number of fused-ring (bicyclic) bond motifs is 1. The van der Waals surface area contributed by atoms with Crippen LogP contribution in [-0.4, -0.2) is 49.6 Å². The molecule has 1 aliphatic heterocycles. The number of tetrazole rings is 1. The zero-order chi connectivity index (χ0) is 19.8. The Bertz CT molecular complexity index is 1010. The highest BCUT2D eigenvalue weighted by Gasteiger charge is 2.50. The lowest BCUT2D eigenvalue weighted by Crippen LogP contribution is -2.42. The summed E-state index contributed by atoms with van der Waals surface area (Å²) in [5.41, 5.74) is 1.30. The van der Waals surface area contributed by atoms with Gasteiger partial charge in [-0.3, -0.25) is 4.79 Å². The van der Waals surface area contributed by atoms with Crippen LogP contribution >= 0.6 is 0 Å². The van der Waals surface area contributed by atoms with Crippen molar-refractivity contribution < 1.29 is 9.90 Å². The number of carbonyl (C=O) groups is 1. The third kappa shape index (κ3) is 3.02. The van der Waals surface area contributed by atoms with Crippen LogP contribution in [0.3, 0.4) is 0 Å². The van der Waals surface area contributed by atoms with E-state index in [2.05, 4.69) is 20.6 Å². The van der Waals surface area contributed by atoms with Crippen LogP contribution < -0.4 is 0 Å². The number of likely N-dealkylation sites (tertiary alicyclic amines) is 1. The van der Waals surface area contributed by atoms with E-state index < -0.39 is 5.60 Å². The quantitative estimate of drug-likeness (QED) is 0.718. The second kappa shape index (κ2) is 7.08. The van der Waals surface area contributed by atoms with Crippen LogP contribution in [-0.2, 0) is 5.60 Å². The number of aliphatic hydroxyl groups is 1. The van der Waals surface area contributed by atoms with Gasteiger partial charge in [-0.15, -0.1) is 10.2 Å². The van der Waals surface area contributed by atoms with E-state index in [1.54, 1.807) is 6.07 Å². The molecular weight excluding hydrogens is 366 g/mol. The molecule has 0 radical (unpaired) electrons. The van der Waals surface area contributed by atoms with E-state index in [4.69, 9.17) is 0 Å². The fourth-order valence-corrected chi connectivity index (χ4v) is 5.09. The molecule has 2 heterocycles. The third-order valence-electron chi connectivity index (χ3n) is 6.49. The maximum absolute atomic E-state index is 13.4. The predicted molar refractivity (Wildman–Crippen MR) is 107 cm³/mol. The normalized spacial score (nSPS) is 26.3. The van der Waals surface area contributed by atoms with Crippen molar-refractivity contribution in [2.75, 3.05) is 13.1 Å². The molecule has 2 aliphatic rings. The fraction of sp³-hybridized carbons (Fsp3) is 0.364. The number of nitrogens with one attached hydrogen (secondary N) is 1. The van der Waals surface area contributed by atoms with Crippen molar-refractivity contribution in [3.05, 3.63) is 65.7 Å². The van der Waals surface area contributed by atoms with Crippen LogP contribution in [0.1, 0.15) is 35.2 Å². The van der Waals surface area contributed by atoms with Gasteiger partial charge in [0.2, 0.25) is 5.82 Å². The maximum Gasteiger partial charge on any atom is 0.254 e. The second-order valence-electron chi connectivity index (χ2n) is 8.04. The summed E-state index contributed by atoms with van der Waals surface area (Å²) in [5.74, 6) is 0.705. The van der Waals surface area contributed by atoms with Crippen LogP contribution in [0.15, 0.2) is 54.6 Å². The van der Waals surface area contributed by atoms with E-state index in [0.717, 1.165) is 24.8 Å². The van der Waals surface area contributed by atoms with E-state index in [1.807, 2.05) is 53.4 Å². The Morgan fingerprint density at radius 2 is 1.90 bits per heavy atom. The van der Waals surface area contributed by atoms with Crippen LogP contribution in [0.2, 0.25) is 0 Å². The Hall–Kier alpha value is -3.06. The molecule has 1 saturated carbocycles. The Kier molecular flexibility index (Phi) is 4.39. The van der Waals surface area contributed by atoms with Gasteiger partial charge in [-0.2, -0.15) is 5.21 Å². The molecule has 7 nitrogen and oxygen atoms in total. The highest BCUT2D eigenvalue weighted by atomic mass is 16.3. The Morgan fingerprint density at radius 1 is 1.10 bits per heavy atom. The predicted octanol–water partition coefficient (Wildman–Crippen LogP) is 2.63. The first-order valence-electron chi connectivity index (χ1n) is 10.1. The molecule has 1 aliphatic carbocycles. The van der Waals surface area contributed by atoms with Gasteiger partial charge in [0.25, 0.3) is 5.91 Å². The first-order chi connectivity index (χ1) is 14.2. The van der Waals surface area contributed by atoms with Gasteiger partial charge in [-0.25, -0.2) is 0 Å². The number of amides is 1. The van der Waals surface area contributed by atoms with Gasteiger partial charge in [-0.05, 0) is 42.0 Å². The number of aromatic amines is 1. The van der Waals surface area contributed by atoms with Gasteiger partial charge in [0.15, 0.2) is 0 Å². The van der Waals surface area contributed by atoms with Gasteiger partial charge in [-0.1, -0.05) is 48.5 Å².